The average molecular weight is 313 g/mol. The summed E-state index contributed by atoms with van der Waals surface area (Å²) in [5.41, 5.74) is 3.98. The van der Waals surface area contributed by atoms with Crippen molar-refractivity contribution in [3.63, 3.8) is 0 Å². The van der Waals surface area contributed by atoms with Crippen molar-refractivity contribution in [2.24, 2.45) is 0 Å². The zero-order chi connectivity index (χ0) is 16.8. The molecular weight excluding hydrogens is 290 g/mol. The molecule has 0 saturated heterocycles. The van der Waals surface area contributed by atoms with Crippen LogP contribution in [0.25, 0.3) is 0 Å². The maximum Gasteiger partial charge on any atom is 0.411 e. The van der Waals surface area contributed by atoms with Gasteiger partial charge in [0.2, 0.25) is 0 Å². The van der Waals surface area contributed by atoms with E-state index in [2.05, 4.69) is 5.32 Å². The Morgan fingerprint density at radius 1 is 1.17 bits per heavy atom. The van der Waals surface area contributed by atoms with Crippen molar-refractivity contribution >= 4 is 11.8 Å². The number of aryl methyl sites for hydroxylation is 3. The summed E-state index contributed by atoms with van der Waals surface area (Å²) < 4.78 is 5.40. The summed E-state index contributed by atoms with van der Waals surface area (Å²) in [5, 5.41) is 12.1. The van der Waals surface area contributed by atoms with Crippen LogP contribution in [-0.2, 0) is 11.2 Å². The molecular formula is C19H23NO3. The van der Waals surface area contributed by atoms with E-state index in [0.29, 0.717) is 0 Å². The van der Waals surface area contributed by atoms with Gasteiger partial charge in [-0.1, -0.05) is 24.3 Å². The Labute approximate surface area is 137 Å². The number of benzene rings is 2. The highest BCUT2D eigenvalue weighted by Gasteiger charge is 2.11. The Hall–Kier alpha value is -2.49. The molecule has 1 unspecified atom stereocenters. The van der Waals surface area contributed by atoms with Gasteiger partial charge in [-0.15, -0.1) is 0 Å². The first-order chi connectivity index (χ1) is 10.9. The largest absolute Gasteiger partial charge is 0.508 e. The number of phenolic OH excluding ortho intramolecular Hbond substituents is 1. The van der Waals surface area contributed by atoms with Crippen molar-refractivity contribution in [3.05, 3.63) is 59.2 Å². The highest BCUT2D eigenvalue weighted by molar-refractivity contribution is 5.85. The third-order valence-corrected chi connectivity index (χ3v) is 3.71. The van der Waals surface area contributed by atoms with Crippen molar-refractivity contribution in [3.8, 4) is 5.75 Å². The third-order valence-electron chi connectivity index (χ3n) is 3.71. The van der Waals surface area contributed by atoms with Crippen LogP contribution in [0.3, 0.4) is 0 Å². The molecule has 0 bridgehead atoms. The zero-order valence-corrected chi connectivity index (χ0v) is 13.8. The molecule has 0 saturated carbocycles. The van der Waals surface area contributed by atoms with Crippen LogP contribution in [0.15, 0.2) is 42.5 Å². The average Bonchev–Trinajstić information content (AvgIpc) is 2.50. The van der Waals surface area contributed by atoms with Crippen LogP contribution in [0.1, 0.15) is 30.0 Å². The first-order valence-corrected chi connectivity index (χ1v) is 7.77. The first kappa shape index (κ1) is 16.9. The van der Waals surface area contributed by atoms with E-state index in [4.69, 9.17) is 4.74 Å². The minimum absolute atomic E-state index is 0.186. The molecule has 0 aliphatic rings. The molecule has 4 nitrogen and oxygen atoms in total. The number of nitrogens with one attached hydrogen (secondary N) is 1. The van der Waals surface area contributed by atoms with E-state index in [-0.39, 0.29) is 11.9 Å². The molecule has 2 aromatic carbocycles. The quantitative estimate of drug-likeness (QED) is 0.849. The minimum Gasteiger partial charge on any atom is -0.508 e. The summed E-state index contributed by atoms with van der Waals surface area (Å²) in [6.45, 7) is 5.81. The monoisotopic (exact) mass is 313 g/mol. The third kappa shape index (κ3) is 5.33. The lowest BCUT2D eigenvalue weighted by atomic mass is 10.1. The van der Waals surface area contributed by atoms with Gasteiger partial charge in [0.1, 0.15) is 11.9 Å². The SMILES string of the molecule is Cc1ccc(C)c(NC(=O)OC(C)CCc2ccc(O)cc2)c1. The van der Waals surface area contributed by atoms with Crippen LogP contribution in [0, 0.1) is 13.8 Å². The summed E-state index contributed by atoms with van der Waals surface area (Å²) >= 11 is 0. The van der Waals surface area contributed by atoms with E-state index < -0.39 is 6.09 Å². The number of rotatable bonds is 5. The molecule has 1 atom stereocenters. The Kier molecular flexibility index (Phi) is 5.63. The molecule has 23 heavy (non-hydrogen) atoms. The lowest BCUT2D eigenvalue weighted by Crippen LogP contribution is -2.21. The molecule has 0 aromatic heterocycles. The number of phenols is 1. The van der Waals surface area contributed by atoms with Gasteiger partial charge in [0.25, 0.3) is 0 Å². The fourth-order valence-electron chi connectivity index (χ4n) is 2.28. The van der Waals surface area contributed by atoms with E-state index in [1.54, 1.807) is 12.1 Å². The molecule has 0 aliphatic carbocycles. The van der Waals surface area contributed by atoms with E-state index in [1.165, 1.54) is 0 Å². The zero-order valence-electron chi connectivity index (χ0n) is 13.8. The predicted octanol–water partition coefficient (Wildman–Crippen LogP) is 4.58. The number of carbonyl (C=O) groups is 1. The number of ether oxygens (including phenoxy) is 1. The maximum atomic E-state index is 12.0. The van der Waals surface area contributed by atoms with E-state index in [0.717, 1.165) is 35.2 Å². The van der Waals surface area contributed by atoms with Gasteiger partial charge in [0.05, 0.1) is 0 Å². The van der Waals surface area contributed by atoms with Gasteiger partial charge in [-0.25, -0.2) is 4.79 Å². The Morgan fingerprint density at radius 2 is 1.87 bits per heavy atom. The highest BCUT2D eigenvalue weighted by Crippen LogP contribution is 2.17. The minimum atomic E-state index is -0.433. The maximum absolute atomic E-state index is 12.0. The molecule has 0 fully saturated rings. The molecule has 2 rings (SSSR count). The van der Waals surface area contributed by atoms with Crippen LogP contribution in [0.2, 0.25) is 0 Å². The second kappa shape index (κ2) is 7.68. The van der Waals surface area contributed by atoms with Gasteiger partial charge in [-0.2, -0.15) is 0 Å². The topological polar surface area (TPSA) is 58.6 Å². The number of anilines is 1. The predicted molar refractivity (Wildman–Crippen MR) is 91.9 cm³/mol. The van der Waals surface area contributed by atoms with Gasteiger partial charge in [0, 0.05) is 5.69 Å². The van der Waals surface area contributed by atoms with Crippen LogP contribution in [0.5, 0.6) is 5.75 Å². The Bertz CT molecular complexity index is 665. The van der Waals surface area contributed by atoms with E-state index in [9.17, 15) is 9.90 Å². The highest BCUT2D eigenvalue weighted by atomic mass is 16.6. The summed E-state index contributed by atoms with van der Waals surface area (Å²) in [6, 6.07) is 13.0. The van der Waals surface area contributed by atoms with Crippen molar-refractivity contribution in [1.29, 1.82) is 0 Å². The lowest BCUT2D eigenvalue weighted by molar-refractivity contribution is 0.116. The molecule has 0 aliphatic heterocycles. The smallest absolute Gasteiger partial charge is 0.411 e. The van der Waals surface area contributed by atoms with Crippen molar-refractivity contribution in [2.45, 2.75) is 39.7 Å². The van der Waals surface area contributed by atoms with Gasteiger partial charge in [0.15, 0.2) is 0 Å². The molecule has 2 aromatic rings. The standard InChI is InChI=1S/C19H23NO3/c1-13-4-5-14(2)18(12-13)20-19(22)23-15(3)6-7-16-8-10-17(21)11-9-16/h4-5,8-12,15,21H,6-7H2,1-3H3,(H,20,22). The number of aromatic hydroxyl groups is 1. The summed E-state index contributed by atoms with van der Waals surface area (Å²) in [5.74, 6) is 0.256. The fourth-order valence-corrected chi connectivity index (χ4v) is 2.28. The van der Waals surface area contributed by atoms with Crippen molar-refractivity contribution in [2.75, 3.05) is 5.32 Å². The van der Waals surface area contributed by atoms with Crippen molar-refractivity contribution in [1.82, 2.24) is 0 Å². The van der Waals surface area contributed by atoms with Gasteiger partial charge in [-0.05, 0) is 68.5 Å². The normalized spacial score (nSPS) is 11.8. The first-order valence-electron chi connectivity index (χ1n) is 7.77. The molecule has 122 valence electrons. The molecule has 1 amide bonds. The van der Waals surface area contributed by atoms with E-state index in [1.807, 2.05) is 51.1 Å². The molecule has 0 heterocycles. The van der Waals surface area contributed by atoms with Crippen LogP contribution in [-0.4, -0.2) is 17.3 Å². The second-order valence-corrected chi connectivity index (χ2v) is 5.86. The van der Waals surface area contributed by atoms with Crippen LogP contribution >= 0.6 is 0 Å². The van der Waals surface area contributed by atoms with Gasteiger partial charge in [-0.3, -0.25) is 5.32 Å². The van der Waals surface area contributed by atoms with Gasteiger partial charge < -0.3 is 9.84 Å². The summed E-state index contributed by atoms with van der Waals surface area (Å²) in [7, 11) is 0. The number of amides is 1. The van der Waals surface area contributed by atoms with Crippen molar-refractivity contribution < 1.29 is 14.6 Å². The number of carbonyl (C=O) groups excluding carboxylic acids is 1. The molecule has 0 spiro atoms. The van der Waals surface area contributed by atoms with Crippen LogP contribution < -0.4 is 5.32 Å². The number of hydrogen-bond acceptors (Lipinski definition) is 3. The summed E-state index contributed by atoms with van der Waals surface area (Å²) in [4.78, 5) is 12.0. The Balaban J connectivity index is 1.82. The summed E-state index contributed by atoms with van der Waals surface area (Å²) in [6.07, 6.45) is 0.897. The van der Waals surface area contributed by atoms with E-state index >= 15 is 0 Å². The van der Waals surface area contributed by atoms with Crippen LogP contribution in [0.4, 0.5) is 10.5 Å². The number of hydrogen-bond donors (Lipinski definition) is 2. The molecule has 2 N–H and O–H groups in total. The second-order valence-electron chi connectivity index (χ2n) is 5.86. The molecule has 4 heteroatoms. The lowest BCUT2D eigenvalue weighted by Gasteiger charge is -2.15. The fraction of sp³-hybridized carbons (Fsp3) is 0.316. The molecule has 0 radical (unpaired) electrons. The Morgan fingerprint density at radius 3 is 2.57 bits per heavy atom. The van der Waals surface area contributed by atoms with Gasteiger partial charge >= 0.3 is 6.09 Å².